The Balaban J connectivity index is 1.67. The average Bonchev–Trinajstić information content (AvgIpc) is 2.94. The average molecular weight is 349 g/mol. The Morgan fingerprint density at radius 2 is 2.29 bits per heavy atom. The van der Waals surface area contributed by atoms with Gasteiger partial charge in [-0.1, -0.05) is 17.7 Å². The van der Waals surface area contributed by atoms with E-state index in [9.17, 15) is 9.59 Å². The van der Waals surface area contributed by atoms with Crippen molar-refractivity contribution in [3.05, 3.63) is 41.2 Å². The summed E-state index contributed by atoms with van der Waals surface area (Å²) in [7, 11) is 0. The van der Waals surface area contributed by atoms with Gasteiger partial charge in [0.25, 0.3) is 17.4 Å². The fourth-order valence-electron chi connectivity index (χ4n) is 2.40. The molecule has 1 aliphatic heterocycles. The molecule has 24 heavy (non-hydrogen) atoms. The Labute approximate surface area is 143 Å². The Morgan fingerprint density at radius 3 is 3.00 bits per heavy atom. The van der Waals surface area contributed by atoms with Gasteiger partial charge in [-0.05, 0) is 31.5 Å². The van der Waals surface area contributed by atoms with Gasteiger partial charge in [0.15, 0.2) is 0 Å². The van der Waals surface area contributed by atoms with Crippen molar-refractivity contribution in [2.24, 2.45) is 0 Å². The molecule has 0 saturated carbocycles. The molecule has 0 bridgehead atoms. The lowest BCUT2D eigenvalue weighted by atomic mass is 10.0. The van der Waals surface area contributed by atoms with Crippen molar-refractivity contribution in [1.82, 2.24) is 15.1 Å². The molecule has 0 aliphatic carbocycles. The second-order valence-corrected chi connectivity index (χ2v) is 6.20. The molecule has 1 aromatic carbocycles. The van der Waals surface area contributed by atoms with Crippen LogP contribution in [0.5, 0.6) is 5.75 Å². The van der Waals surface area contributed by atoms with Crippen LogP contribution in [-0.4, -0.2) is 33.7 Å². The molecule has 0 spiro atoms. The maximum absolute atomic E-state index is 12.4. The lowest BCUT2D eigenvalue weighted by molar-refractivity contribution is -0.146. The highest BCUT2D eigenvalue weighted by Crippen LogP contribution is 2.34. The largest absolute Gasteiger partial charge is 0.466 e. The summed E-state index contributed by atoms with van der Waals surface area (Å²) < 4.78 is 7.29. The summed E-state index contributed by atoms with van der Waals surface area (Å²) in [4.78, 5) is 24.8. The Bertz CT molecular complexity index is 804. The van der Waals surface area contributed by atoms with Crippen LogP contribution < -0.4 is 15.4 Å². The SMILES string of the molecule is Cc1ccc2c(c1)NC(=O)C(C)(C(=O)NCCn1cc(Cl)cn1)O2. The van der Waals surface area contributed by atoms with Gasteiger partial charge >= 0.3 is 0 Å². The van der Waals surface area contributed by atoms with Crippen LogP contribution in [0, 0.1) is 6.92 Å². The summed E-state index contributed by atoms with van der Waals surface area (Å²) in [6.45, 7) is 4.09. The number of nitrogens with one attached hydrogen (secondary N) is 2. The predicted octanol–water partition coefficient (Wildman–Crippen LogP) is 1.75. The number of aromatic nitrogens is 2. The number of rotatable bonds is 4. The van der Waals surface area contributed by atoms with Gasteiger partial charge in [0.2, 0.25) is 0 Å². The number of halogens is 1. The van der Waals surface area contributed by atoms with Crippen LogP contribution in [-0.2, 0) is 16.1 Å². The van der Waals surface area contributed by atoms with Gasteiger partial charge in [-0.25, -0.2) is 0 Å². The quantitative estimate of drug-likeness (QED) is 0.824. The number of benzene rings is 1. The Morgan fingerprint density at radius 1 is 1.50 bits per heavy atom. The number of hydrogen-bond donors (Lipinski definition) is 2. The number of amides is 2. The van der Waals surface area contributed by atoms with Gasteiger partial charge in [-0.3, -0.25) is 14.3 Å². The van der Waals surface area contributed by atoms with Crippen molar-refractivity contribution >= 4 is 29.1 Å². The van der Waals surface area contributed by atoms with E-state index in [0.717, 1.165) is 5.56 Å². The summed E-state index contributed by atoms with van der Waals surface area (Å²) in [5.74, 6) is -0.540. The molecular weight excluding hydrogens is 332 g/mol. The third-order valence-corrected chi connectivity index (χ3v) is 3.99. The van der Waals surface area contributed by atoms with E-state index in [2.05, 4.69) is 15.7 Å². The molecule has 0 radical (unpaired) electrons. The topological polar surface area (TPSA) is 85.3 Å². The van der Waals surface area contributed by atoms with Crippen molar-refractivity contribution in [2.75, 3.05) is 11.9 Å². The third-order valence-electron chi connectivity index (χ3n) is 3.79. The number of carbonyl (C=O) groups is 2. The number of anilines is 1. The number of carbonyl (C=O) groups excluding carboxylic acids is 2. The van der Waals surface area contributed by atoms with Crippen LogP contribution in [0.15, 0.2) is 30.6 Å². The second kappa shape index (κ2) is 6.16. The van der Waals surface area contributed by atoms with Crippen LogP contribution in [0.25, 0.3) is 0 Å². The van der Waals surface area contributed by atoms with E-state index in [1.807, 2.05) is 13.0 Å². The number of nitrogens with zero attached hydrogens (tertiary/aromatic N) is 2. The van der Waals surface area contributed by atoms with Gasteiger partial charge in [-0.2, -0.15) is 5.10 Å². The van der Waals surface area contributed by atoms with Crippen molar-refractivity contribution in [3.8, 4) is 5.75 Å². The smallest absolute Gasteiger partial charge is 0.278 e. The fraction of sp³-hybridized carbons (Fsp3) is 0.312. The zero-order chi connectivity index (χ0) is 17.3. The summed E-state index contributed by atoms with van der Waals surface area (Å²) in [6, 6.07) is 5.39. The first-order valence-corrected chi connectivity index (χ1v) is 7.84. The first-order chi connectivity index (χ1) is 11.4. The van der Waals surface area contributed by atoms with Crippen molar-refractivity contribution in [2.45, 2.75) is 26.0 Å². The lowest BCUT2D eigenvalue weighted by Gasteiger charge is -2.33. The van der Waals surface area contributed by atoms with Crippen LogP contribution in [0.2, 0.25) is 5.02 Å². The maximum atomic E-state index is 12.4. The van der Waals surface area contributed by atoms with Gasteiger partial charge < -0.3 is 15.4 Å². The zero-order valence-electron chi connectivity index (χ0n) is 13.3. The summed E-state index contributed by atoms with van der Waals surface area (Å²) >= 11 is 5.78. The minimum atomic E-state index is -1.62. The molecule has 2 aromatic rings. The van der Waals surface area contributed by atoms with E-state index < -0.39 is 17.4 Å². The van der Waals surface area contributed by atoms with Crippen LogP contribution >= 0.6 is 11.6 Å². The Kier molecular flexibility index (Phi) is 4.19. The molecular formula is C16H17ClN4O3. The first-order valence-electron chi connectivity index (χ1n) is 7.46. The number of hydrogen-bond acceptors (Lipinski definition) is 4. The maximum Gasteiger partial charge on any atom is 0.278 e. The highest BCUT2D eigenvalue weighted by Gasteiger charge is 2.47. The van der Waals surface area contributed by atoms with Gasteiger partial charge in [0.1, 0.15) is 5.75 Å². The van der Waals surface area contributed by atoms with E-state index in [1.165, 1.54) is 13.1 Å². The summed E-state index contributed by atoms with van der Waals surface area (Å²) in [6.07, 6.45) is 3.17. The van der Waals surface area contributed by atoms with Crippen LogP contribution in [0.3, 0.4) is 0 Å². The molecule has 8 heteroatoms. The van der Waals surface area contributed by atoms with Crippen molar-refractivity contribution in [1.29, 1.82) is 0 Å². The third kappa shape index (κ3) is 3.07. The van der Waals surface area contributed by atoms with E-state index in [4.69, 9.17) is 16.3 Å². The number of fused-ring (bicyclic) bond motifs is 1. The van der Waals surface area contributed by atoms with Crippen LogP contribution in [0.4, 0.5) is 5.69 Å². The molecule has 2 N–H and O–H groups in total. The molecule has 0 fully saturated rings. The van der Waals surface area contributed by atoms with Gasteiger partial charge in [0, 0.05) is 12.7 Å². The first kappa shape index (κ1) is 16.3. The van der Waals surface area contributed by atoms with Gasteiger partial charge in [0.05, 0.1) is 23.5 Å². The number of ether oxygens (including phenoxy) is 1. The molecule has 1 aliphatic rings. The molecule has 7 nitrogen and oxygen atoms in total. The van der Waals surface area contributed by atoms with E-state index >= 15 is 0 Å². The Hall–Kier alpha value is -2.54. The summed E-state index contributed by atoms with van der Waals surface area (Å²) in [5.41, 5.74) is -0.0654. The molecule has 126 valence electrons. The summed E-state index contributed by atoms with van der Waals surface area (Å²) in [5, 5.41) is 9.96. The molecule has 0 saturated heterocycles. The minimum absolute atomic E-state index is 0.295. The van der Waals surface area contributed by atoms with E-state index in [0.29, 0.717) is 29.5 Å². The minimum Gasteiger partial charge on any atom is -0.466 e. The highest BCUT2D eigenvalue weighted by atomic mass is 35.5. The van der Waals surface area contributed by atoms with Gasteiger partial charge in [-0.15, -0.1) is 0 Å². The lowest BCUT2D eigenvalue weighted by Crippen LogP contribution is -2.59. The molecule has 2 amide bonds. The van der Waals surface area contributed by atoms with E-state index in [-0.39, 0.29) is 0 Å². The zero-order valence-corrected chi connectivity index (χ0v) is 14.1. The van der Waals surface area contributed by atoms with Crippen LogP contribution in [0.1, 0.15) is 12.5 Å². The highest BCUT2D eigenvalue weighted by molar-refractivity contribution is 6.30. The molecule has 3 rings (SSSR count). The van der Waals surface area contributed by atoms with Crippen molar-refractivity contribution < 1.29 is 14.3 Å². The monoisotopic (exact) mass is 348 g/mol. The molecule has 2 heterocycles. The normalized spacial score (nSPS) is 19.2. The molecule has 1 atom stereocenters. The van der Waals surface area contributed by atoms with Crippen molar-refractivity contribution in [3.63, 3.8) is 0 Å². The predicted molar refractivity (Wildman–Crippen MR) is 89.1 cm³/mol. The fourth-order valence-corrected chi connectivity index (χ4v) is 2.56. The van der Waals surface area contributed by atoms with E-state index in [1.54, 1.807) is 23.0 Å². The standard InChI is InChI=1S/C16H17ClN4O3/c1-10-3-4-13-12(7-10)20-15(23)16(2,24-13)14(22)18-5-6-21-9-11(17)8-19-21/h3-4,7-9H,5-6H2,1-2H3,(H,18,22)(H,20,23). The molecule has 1 aromatic heterocycles. The second-order valence-electron chi connectivity index (χ2n) is 5.77. The number of aryl methyl sites for hydroxylation is 1. The molecule has 1 unspecified atom stereocenters.